The Morgan fingerprint density at radius 1 is 1.00 bits per heavy atom. The van der Waals surface area contributed by atoms with Crippen LogP contribution in [0.15, 0.2) is 55.0 Å². The van der Waals surface area contributed by atoms with Gasteiger partial charge in [-0.05, 0) is 49.2 Å². The number of hydrogen-bond donors (Lipinski definition) is 1. The zero-order valence-corrected chi connectivity index (χ0v) is 13.0. The summed E-state index contributed by atoms with van der Waals surface area (Å²) in [5.74, 6) is 0.374. The topological polar surface area (TPSA) is 50.7 Å². The van der Waals surface area contributed by atoms with E-state index in [9.17, 15) is 4.39 Å². The lowest BCUT2D eigenvalue weighted by atomic mass is 10.0. The maximum atomic E-state index is 13.4. The fraction of sp³-hybridized carbons (Fsp3) is 0.167. The molecular formula is C18H17FN4. The van der Waals surface area contributed by atoms with Crippen molar-refractivity contribution in [1.29, 1.82) is 0 Å². The molecule has 2 aromatic heterocycles. The molecular weight excluding hydrogens is 291 g/mol. The standard InChI is InChI=1S/C18H17FN4/c1-12-10-14(4-6-16(12)19)15-5-7-17(22-11-15)13(2)23-18-20-8-3-9-21-18/h3-11,13H,1-2H3,(H,20,21,23)/t13-/m0/s1. The summed E-state index contributed by atoms with van der Waals surface area (Å²) in [6.07, 6.45) is 5.18. The van der Waals surface area contributed by atoms with E-state index in [1.807, 2.05) is 25.1 Å². The van der Waals surface area contributed by atoms with Crippen molar-refractivity contribution in [2.75, 3.05) is 5.32 Å². The van der Waals surface area contributed by atoms with Crippen LogP contribution in [0.4, 0.5) is 10.3 Å². The van der Waals surface area contributed by atoms with Crippen molar-refractivity contribution in [3.8, 4) is 11.1 Å². The van der Waals surface area contributed by atoms with Gasteiger partial charge < -0.3 is 5.32 Å². The second-order valence-corrected chi connectivity index (χ2v) is 5.37. The smallest absolute Gasteiger partial charge is 0.223 e. The van der Waals surface area contributed by atoms with Crippen LogP contribution in [0.1, 0.15) is 24.2 Å². The normalized spacial score (nSPS) is 12.0. The monoisotopic (exact) mass is 308 g/mol. The minimum Gasteiger partial charge on any atom is -0.346 e. The first-order chi connectivity index (χ1) is 11.1. The molecule has 23 heavy (non-hydrogen) atoms. The van der Waals surface area contributed by atoms with Crippen LogP contribution in [0.25, 0.3) is 11.1 Å². The molecule has 1 N–H and O–H groups in total. The van der Waals surface area contributed by atoms with Crippen LogP contribution < -0.4 is 5.32 Å². The van der Waals surface area contributed by atoms with Gasteiger partial charge in [0.2, 0.25) is 5.95 Å². The van der Waals surface area contributed by atoms with Gasteiger partial charge in [0.25, 0.3) is 0 Å². The fourth-order valence-corrected chi connectivity index (χ4v) is 2.30. The SMILES string of the molecule is Cc1cc(-c2ccc([C@H](C)Nc3ncccn3)nc2)ccc1F. The first-order valence-electron chi connectivity index (χ1n) is 7.39. The number of rotatable bonds is 4. The molecule has 0 unspecified atom stereocenters. The van der Waals surface area contributed by atoms with Gasteiger partial charge in [-0.2, -0.15) is 0 Å². The lowest BCUT2D eigenvalue weighted by Gasteiger charge is -2.13. The van der Waals surface area contributed by atoms with Crippen LogP contribution in [0.3, 0.4) is 0 Å². The van der Waals surface area contributed by atoms with Gasteiger partial charge in [-0.25, -0.2) is 14.4 Å². The van der Waals surface area contributed by atoms with Crippen LogP contribution in [-0.2, 0) is 0 Å². The van der Waals surface area contributed by atoms with Gasteiger partial charge in [0.15, 0.2) is 0 Å². The molecule has 0 saturated heterocycles. The number of nitrogens with one attached hydrogen (secondary N) is 1. The van der Waals surface area contributed by atoms with Gasteiger partial charge in [-0.1, -0.05) is 12.1 Å². The van der Waals surface area contributed by atoms with Crippen molar-refractivity contribution in [3.05, 3.63) is 72.1 Å². The third kappa shape index (κ3) is 3.51. The van der Waals surface area contributed by atoms with Gasteiger partial charge in [-0.15, -0.1) is 0 Å². The summed E-state index contributed by atoms with van der Waals surface area (Å²) in [4.78, 5) is 12.8. The fourth-order valence-electron chi connectivity index (χ4n) is 2.30. The number of aromatic nitrogens is 3. The second kappa shape index (κ2) is 6.52. The summed E-state index contributed by atoms with van der Waals surface area (Å²) in [7, 11) is 0. The first-order valence-corrected chi connectivity index (χ1v) is 7.39. The predicted molar refractivity (Wildman–Crippen MR) is 88.4 cm³/mol. The van der Waals surface area contributed by atoms with E-state index in [1.165, 1.54) is 6.07 Å². The molecule has 3 rings (SSSR count). The molecule has 0 aliphatic rings. The van der Waals surface area contributed by atoms with Crippen LogP contribution in [0.5, 0.6) is 0 Å². The van der Waals surface area contributed by atoms with E-state index in [0.717, 1.165) is 16.8 Å². The number of aryl methyl sites for hydroxylation is 1. The van der Waals surface area contributed by atoms with Crippen molar-refractivity contribution in [2.45, 2.75) is 19.9 Å². The lowest BCUT2D eigenvalue weighted by molar-refractivity contribution is 0.619. The van der Waals surface area contributed by atoms with E-state index in [2.05, 4.69) is 20.3 Å². The molecule has 0 aliphatic heterocycles. The van der Waals surface area contributed by atoms with Crippen LogP contribution in [0, 0.1) is 12.7 Å². The number of hydrogen-bond acceptors (Lipinski definition) is 4. The average Bonchev–Trinajstić information content (AvgIpc) is 2.58. The Morgan fingerprint density at radius 3 is 2.39 bits per heavy atom. The second-order valence-electron chi connectivity index (χ2n) is 5.37. The first kappa shape index (κ1) is 15.1. The van der Waals surface area contributed by atoms with Crippen molar-refractivity contribution in [3.63, 3.8) is 0 Å². The van der Waals surface area contributed by atoms with Crippen LogP contribution in [0.2, 0.25) is 0 Å². The van der Waals surface area contributed by atoms with Crippen molar-refractivity contribution in [1.82, 2.24) is 15.0 Å². The molecule has 0 amide bonds. The van der Waals surface area contributed by atoms with Crippen molar-refractivity contribution >= 4 is 5.95 Å². The number of nitrogens with zero attached hydrogens (tertiary/aromatic N) is 3. The number of benzene rings is 1. The molecule has 2 heterocycles. The number of anilines is 1. The molecule has 0 spiro atoms. The molecule has 0 bridgehead atoms. The Balaban J connectivity index is 1.77. The Morgan fingerprint density at radius 2 is 1.74 bits per heavy atom. The molecule has 5 heteroatoms. The number of pyridine rings is 1. The van der Waals surface area contributed by atoms with Gasteiger partial charge in [-0.3, -0.25) is 4.98 Å². The average molecular weight is 308 g/mol. The van der Waals surface area contributed by atoms with Gasteiger partial charge in [0, 0.05) is 24.2 Å². The Kier molecular flexibility index (Phi) is 4.28. The molecule has 0 radical (unpaired) electrons. The summed E-state index contributed by atoms with van der Waals surface area (Å²) in [5, 5.41) is 3.20. The molecule has 1 aromatic carbocycles. The third-order valence-electron chi connectivity index (χ3n) is 3.63. The summed E-state index contributed by atoms with van der Waals surface area (Å²) < 4.78 is 13.4. The number of halogens is 1. The largest absolute Gasteiger partial charge is 0.346 e. The van der Waals surface area contributed by atoms with Crippen LogP contribution >= 0.6 is 0 Å². The maximum absolute atomic E-state index is 13.4. The summed E-state index contributed by atoms with van der Waals surface area (Å²) in [5.41, 5.74) is 3.43. The highest BCUT2D eigenvalue weighted by Gasteiger charge is 2.09. The van der Waals surface area contributed by atoms with Gasteiger partial charge in [0.05, 0.1) is 11.7 Å². The predicted octanol–water partition coefficient (Wildman–Crippen LogP) is 4.16. The molecule has 0 aliphatic carbocycles. The molecule has 0 fully saturated rings. The zero-order chi connectivity index (χ0) is 16.2. The van der Waals surface area contributed by atoms with E-state index in [1.54, 1.807) is 37.6 Å². The van der Waals surface area contributed by atoms with Gasteiger partial charge >= 0.3 is 0 Å². The van der Waals surface area contributed by atoms with E-state index in [-0.39, 0.29) is 11.9 Å². The highest BCUT2D eigenvalue weighted by Crippen LogP contribution is 2.23. The van der Waals surface area contributed by atoms with E-state index < -0.39 is 0 Å². The quantitative estimate of drug-likeness (QED) is 0.786. The van der Waals surface area contributed by atoms with Crippen molar-refractivity contribution < 1.29 is 4.39 Å². The molecule has 4 nitrogen and oxygen atoms in total. The van der Waals surface area contributed by atoms with Gasteiger partial charge in [0.1, 0.15) is 5.82 Å². The summed E-state index contributed by atoms with van der Waals surface area (Å²) in [6.45, 7) is 3.76. The Hall–Kier alpha value is -2.82. The van der Waals surface area contributed by atoms with E-state index in [4.69, 9.17) is 0 Å². The highest BCUT2D eigenvalue weighted by atomic mass is 19.1. The minimum atomic E-state index is -0.195. The Labute approximate surface area is 134 Å². The molecule has 1 atom stereocenters. The highest BCUT2D eigenvalue weighted by molar-refractivity contribution is 5.63. The summed E-state index contributed by atoms with van der Waals surface area (Å²) in [6, 6.07) is 10.8. The lowest BCUT2D eigenvalue weighted by Crippen LogP contribution is -2.10. The van der Waals surface area contributed by atoms with E-state index in [0.29, 0.717) is 11.5 Å². The molecule has 3 aromatic rings. The van der Waals surface area contributed by atoms with Crippen LogP contribution in [-0.4, -0.2) is 15.0 Å². The third-order valence-corrected chi connectivity index (χ3v) is 3.63. The molecule has 116 valence electrons. The van der Waals surface area contributed by atoms with Crippen molar-refractivity contribution in [2.24, 2.45) is 0 Å². The zero-order valence-electron chi connectivity index (χ0n) is 13.0. The maximum Gasteiger partial charge on any atom is 0.223 e. The minimum absolute atomic E-state index is 0.0126. The molecule has 0 saturated carbocycles. The van der Waals surface area contributed by atoms with E-state index >= 15 is 0 Å². The summed E-state index contributed by atoms with van der Waals surface area (Å²) >= 11 is 0. The Bertz CT molecular complexity index is 788.